The van der Waals surface area contributed by atoms with E-state index in [1.807, 2.05) is 12.2 Å². The molecule has 2 bridgehead atoms. The number of aliphatic carboxylic acids is 1. The number of sulfone groups is 1. The van der Waals surface area contributed by atoms with Gasteiger partial charge in [-0.2, -0.15) is 8.78 Å². The Balaban J connectivity index is 1.76. The number of alkyl halides is 2. The van der Waals surface area contributed by atoms with Crippen LogP contribution in [-0.2, 0) is 19.4 Å². The normalized spacial score (nSPS) is 27.6. The van der Waals surface area contributed by atoms with Crippen molar-refractivity contribution in [3.8, 4) is 0 Å². The van der Waals surface area contributed by atoms with Crippen LogP contribution in [-0.4, -0.2) is 31.2 Å². The van der Waals surface area contributed by atoms with Crippen molar-refractivity contribution >= 4 is 27.4 Å². The summed E-state index contributed by atoms with van der Waals surface area (Å²) in [4.78, 5) is 23.3. The lowest BCUT2D eigenvalue weighted by molar-refractivity contribution is -0.146. The summed E-state index contributed by atoms with van der Waals surface area (Å²) < 4.78 is 47.7. The predicted molar refractivity (Wildman–Crippen MR) is 83.6 cm³/mol. The van der Waals surface area contributed by atoms with Gasteiger partial charge in [0.25, 0.3) is 0 Å². The molecule has 1 amide bonds. The molecule has 2 aliphatic carbocycles. The van der Waals surface area contributed by atoms with Gasteiger partial charge in [0, 0.05) is 5.69 Å². The maximum Gasteiger partial charge on any atom is 0.341 e. The van der Waals surface area contributed by atoms with Gasteiger partial charge < -0.3 is 10.4 Å². The van der Waals surface area contributed by atoms with Crippen molar-refractivity contribution in [1.82, 2.24) is 0 Å². The first-order chi connectivity index (χ1) is 11.7. The SMILES string of the molecule is O=C(Nc1ccc(S(=O)(=O)C(F)F)cc1)[C@@H]1[C@H](C(=O)O)[C@H]2C=C[C@H]1C2. The molecule has 0 unspecified atom stereocenters. The van der Waals surface area contributed by atoms with E-state index in [9.17, 15) is 31.9 Å². The number of anilines is 1. The number of hydrogen-bond donors (Lipinski definition) is 2. The van der Waals surface area contributed by atoms with Gasteiger partial charge in [0.2, 0.25) is 15.7 Å². The van der Waals surface area contributed by atoms with E-state index in [-0.39, 0.29) is 17.5 Å². The Morgan fingerprint density at radius 3 is 2.16 bits per heavy atom. The smallest absolute Gasteiger partial charge is 0.341 e. The molecule has 0 spiro atoms. The third kappa shape index (κ3) is 3.04. The first kappa shape index (κ1) is 17.5. The second-order valence-corrected chi connectivity index (χ2v) is 8.08. The third-order valence-corrected chi connectivity index (χ3v) is 6.13. The standard InChI is InChI=1S/C16H15F2NO5S/c17-16(18)25(23,24)11-5-3-10(4-6-11)19-14(20)12-8-1-2-9(7-8)13(12)15(21)22/h1-6,8-9,12-13,16H,7H2,(H,19,20)(H,21,22)/t8-,9-,12-,13+/m0/s1. The van der Waals surface area contributed by atoms with Crippen molar-refractivity contribution < 1.29 is 31.9 Å². The number of allylic oxidation sites excluding steroid dienone is 2. The van der Waals surface area contributed by atoms with Gasteiger partial charge in [-0.25, -0.2) is 8.42 Å². The van der Waals surface area contributed by atoms with Crippen LogP contribution in [0.5, 0.6) is 0 Å². The molecule has 134 valence electrons. The molecule has 6 nitrogen and oxygen atoms in total. The van der Waals surface area contributed by atoms with Gasteiger partial charge in [0.05, 0.1) is 16.7 Å². The van der Waals surface area contributed by atoms with Crippen LogP contribution in [0, 0.1) is 23.7 Å². The molecule has 1 saturated carbocycles. The van der Waals surface area contributed by atoms with Gasteiger partial charge in [-0.15, -0.1) is 0 Å². The van der Waals surface area contributed by atoms with Crippen LogP contribution in [0.25, 0.3) is 0 Å². The zero-order chi connectivity index (χ0) is 18.4. The van der Waals surface area contributed by atoms with Crippen LogP contribution >= 0.6 is 0 Å². The summed E-state index contributed by atoms with van der Waals surface area (Å²) in [5.41, 5.74) is 0.217. The highest BCUT2D eigenvalue weighted by molar-refractivity contribution is 7.91. The summed E-state index contributed by atoms with van der Waals surface area (Å²) >= 11 is 0. The molecule has 0 heterocycles. The number of nitrogens with one attached hydrogen (secondary N) is 1. The van der Waals surface area contributed by atoms with Gasteiger partial charge in [-0.3, -0.25) is 9.59 Å². The Morgan fingerprint density at radius 1 is 1.08 bits per heavy atom. The van der Waals surface area contributed by atoms with E-state index in [0.29, 0.717) is 6.42 Å². The van der Waals surface area contributed by atoms with Gasteiger partial charge in [0.1, 0.15) is 0 Å². The molecule has 1 aromatic carbocycles. The number of rotatable bonds is 5. The highest BCUT2D eigenvalue weighted by Gasteiger charge is 2.51. The van der Waals surface area contributed by atoms with E-state index in [2.05, 4.69) is 5.32 Å². The molecule has 1 aromatic rings. The molecule has 9 heteroatoms. The molecule has 2 aliphatic rings. The van der Waals surface area contributed by atoms with E-state index < -0.39 is 44.2 Å². The first-order valence-electron chi connectivity index (χ1n) is 7.56. The van der Waals surface area contributed by atoms with Gasteiger partial charge in [0.15, 0.2) is 0 Å². The van der Waals surface area contributed by atoms with E-state index in [1.165, 1.54) is 12.1 Å². The number of fused-ring (bicyclic) bond motifs is 2. The van der Waals surface area contributed by atoms with E-state index >= 15 is 0 Å². The summed E-state index contributed by atoms with van der Waals surface area (Å²) in [6, 6.07) is 4.36. The van der Waals surface area contributed by atoms with Crippen LogP contribution in [0.3, 0.4) is 0 Å². The van der Waals surface area contributed by atoms with Gasteiger partial charge in [-0.1, -0.05) is 12.2 Å². The fourth-order valence-electron chi connectivity index (χ4n) is 3.57. The highest BCUT2D eigenvalue weighted by Crippen LogP contribution is 2.48. The zero-order valence-corrected chi connectivity index (χ0v) is 13.6. The molecule has 25 heavy (non-hydrogen) atoms. The predicted octanol–water partition coefficient (Wildman–Crippen LogP) is 2.14. The average molecular weight is 371 g/mol. The zero-order valence-electron chi connectivity index (χ0n) is 12.8. The molecule has 0 aromatic heterocycles. The first-order valence-corrected chi connectivity index (χ1v) is 9.10. The lowest BCUT2D eigenvalue weighted by Gasteiger charge is -2.23. The number of carbonyl (C=O) groups excluding carboxylic acids is 1. The van der Waals surface area contributed by atoms with Crippen molar-refractivity contribution in [1.29, 1.82) is 0 Å². The Kier molecular flexibility index (Phi) is 4.36. The number of amides is 1. The fourth-order valence-corrected chi connectivity index (χ4v) is 4.29. The lowest BCUT2D eigenvalue weighted by Crippen LogP contribution is -2.36. The number of halogens is 2. The largest absolute Gasteiger partial charge is 0.481 e. The van der Waals surface area contributed by atoms with Gasteiger partial charge >= 0.3 is 11.7 Å². The monoisotopic (exact) mass is 371 g/mol. The number of carbonyl (C=O) groups is 2. The molecule has 1 fully saturated rings. The maximum atomic E-state index is 12.5. The van der Waals surface area contributed by atoms with Crippen LogP contribution < -0.4 is 5.32 Å². The number of carboxylic acid groups (broad SMARTS) is 1. The summed E-state index contributed by atoms with van der Waals surface area (Å²) in [5, 5.41) is 11.9. The van der Waals surface area contributed by atoms with Crippen molar-refractivity contribution in [2.24, 2.45) is 23.7 Å². The molecular weight excluding hydrogens is 356 g/mol. The quantitative estimate of drug-likeness (QED) is 0.773. The van der Waals surface area contributed by atoms with Crippen LogP contribution in [0.4, 0.5) is 14.5 Å². The lowest BCUT2D eigenvalue weighted by atomic mass is 9.82. The second kappa shape index (κ2) is 6.21. The van der Waals surface area contributed by atoms with Gasteiger partial charge in [-0.05, 0) is 42.5 Å². The summed E-state index contributed by atoms with van der Waals surface area (Å²) in [5.74, 6) is -6.86. The van der Waals surface area contributed by atoms with E-state index in [4.69, 9.17) is 0 Å². The number of carboxylic acids is 1. The summed E-state index contributed by atoms with van der Waals surface area (Å²) in [7, 11) is -4.70. The molecule has 4 atom stereocenters. The summed E-state index contributed by atoms with van der Waals surface area (Å²) in [6.45, 7) is 0. The Hall–Kier alpha value is -2.29. The third-order valence-electron chi connectivity index (χ3n) is 4.73. The summed E-state index contributed by atoms with van der Waals surface area (Å²) in [6.07, 6.45) is 4.27. The maximum absolute atomic E-state index is 12.5. The molecule has 0 radical (unpaired) electrons. The molecular formula is C16H15F2NO5S. The molecule has 2 N–H and O–H groups in total. The average Bonchev–Trinajstić information content (AvgIpc) is 3.16. The second-order valence-electron chi connectivity index (χ2n) is 6.16. The van der Waals surface area contributed by atoms with E-state index in [0.717, 1.165) is 12.1 Å². The Labute approximate surface area is 142 Å². The molecule has 0 aliphatic heterocycles. The number of hydrogen-bond acceptors (Lipinski definition) is 4. The number of benzene rings is 1. The van der Waals surface area contributed by atoms with Crippen molar-refractivity contribution in [2.75, 3.05) is 5.32 Å². The van der Waals surface area contributed by atoms with Crippen LogP contribution in [0.1, 0.15) is 6.42 Å². The minimum atomic E-state index is -4.70. The van der Waals surface area contributed by atoms with Crippen LogP contribution in [0.15, 0.2) is 41.3 Å². The molecule has 0 saturated heterocycles. The van der Waals surface area contributed by atoms with Crippen molar-refractivity contribution in [3.05, 3.63) is 36.4 Å². The highest BCUT2D eigenvalue weighted by atomic mass is 32.2. The van der Waals surface area contributed by atoms with E-state index in [1.54, 1.807) is 0 Å². The van der Waals surface area contributed by atoms with Crippen LogP contribution in [0.2, 0.25) is 0 Å². The molecule has 3 rings (SSSR count). The Morgan fingerprint density at radius 2 is 1.64 bits per heavy atom. The Bertz CT molecular complexity index is 835. The fraction of sp³-hybridized carbons (Fsp3) is 0.375. The van der Waals surface area contributed by atoms with Crippen molar-refractivity contribution in [2.45, 2.75) is 17.1 Å². The minimum Gasteiger partial charge on any atom is -0.481 e. The minimum absolute atomic E-state index is 0.149. The topological polar surface area (TPSA) is 101 Å². The van der Waals surface area contributed by atoms with Crippen molar-refractivity contribution in [3.63, 3.8) is 0 Å².